The van der Waals surface area contributed by atoms with Gasteiger partial charge in [-0.25, -0.2) is 0 Å². The third-order valence-corrected chi connectivity index (χ3v) is 3.14. The Morgan fingerprint density at radius 2 is 2.18 bits per heavy atom. The van der Waals surface area contributed by atoms with Gasteiger partial charge in [-0.2, -0.15) is 0 Å². The number of rotatable bonds is 1. The summed E-state index contributed by atoms with van der Waals surface area (Å²) in [6, 6.07) is 1.65. The maximum absolute atomic E-state index is 3.59. The fraction of sp³-hybridized carbons (Fsp3) is 1.00. The first-order valence-corrected chi connectivity index (χ1v) is 4.81. The molecule has 2 heteroatoms. The van der Waals surface area contributed by atoms with Crippen molar-refractivity contribution in [1.29, 1.82) is 0 Å². The molecule has 2 aliphatic rings. The van der Waals surface area contributed by atoms with Crippen LogP contribution < -0.4 is 5.32 Å². The monoisotopic (exact) mass is 154 g/mol. The second-order valence-corrected chi connectivity index (χ2v) is 3.89. The Kier molecular flexibility index (Phi) is 2.14. The largest absolute Gasteiger partial charge is 0.312 e. The van der Waals surface area contributed by atoms with Crippen LogP contribution in [0.5, 0.6) is 0 Å². The van der Waals surface area contributed by atoms with Crippen LogP contribution in [0.15, 0.2) is 0 Å². The van der Waals surface area contributed by atoms with Crippen molar-refractivity contribution in [3.05, 3.63) is 0 Å². The summed E-state index contributed by atoms with van der Waals surface area (Å²) in [5, 5.41) is 3.59. The van der Waals surface area contributed by atoms with Gasteiger partial charge in [-0.3, -0.25) is 0 Å². The quantitative estimate of drug-likeness (QED) is 0.602. The molecule has 2 saturated heterocycles. The van der Waals surface area contributed by atoms with E-state index in [0.29, 0.717) is 0 Å². The van der Waals surface area contributed by atoms with Gasteiger partial charge in [-0.1, -0.05) is 0 Å². The summed E-state index contributed by atoms with van der Waals surface area (Å²) in [6.45, 7) is 2.55. The Bertz CT molecular complexity index is 130. The molecule has 0 bridgehead atoms. The van der Waals surface area contributed by atoms with Gasteiger partial charge in [0.1, 0.15) is 0 Å². The Balaban J connectivity index is 1.92. The van der Waals surface area contributed by atoms with E-state index in [0.717, 1.165) is 12.1 Å². The van der Waals surface area contributed by atoms with Gasteiger partial charge < -0.3 is 10.2 Å². The van der Waals surface area contributed by atoms with Crippen molar-refractivity contribution in [1.82, 2.24) is 10.2 Å². The minimum absolute atomic E-state index is 0.808. The summed E-state index contributed by atoms with van der Waals surface area (Å²) in [7, 11) is 2.26. The highest BCUT2D eigenvalue weighted by molar-refractivity contribution is 4.90. The summed E-state index contributed by atoms with van der Waals surface area (Å²) in [5.41, 5.74) is 0. The molecule has 1 N–H and O–H groups in total. The van der Waals surface area contributed by atoms with Crippen molar-refractivity contribution in [2.24, 2.45) is 0 Å². The molecule has 64 valence electrons. The fourth-order valence-electron chi connectivity index (χ4n) is 2.48. The van der Waals surface area contributed by atoms with Gasteiger partial charge >= 0.3 is 0 Å². The Morgan fingerprint density at radius 3 is 2.73 bits per heavy atom. The second-order valence-electron chi connectivity index (χ2n) is 3.89. The van der Waals surface area contributed by atoms with Crippen molar-refractivity contribution < 1.29 is 0 Å². The molecule has 2 nitrogen and oxygen atoms in total. The van der Waals surface area contributed by atoms with Gasteiger partial charge in [-0.15, -0.1) is 0 Å². The maximum Gasteiger partial charge on any atom is 0.0246 e. The average Bonchev–Trinajstić information content (AvgIpc) is 2.55. The predicted molar refractivity (Wildman–Crippen MR) is 46.7 cm³/mol. The molecule has 0 spiro atoms. The van der Waals surface area contributed by atoms with Crippen molar-refractivity contribution in [2.45, 2.75) is 37.8 Å². The molecule has 0 amide bonds. The molecule has 0 unspecified atom stereocenters. The van der Waals surface area contributed by atoms with Crippen molar-refractivity contribution in [3.8, 4) is 0 Å². The highest BCUT2D eigenvalue weighted by Crippen LogP contribution is 2.22. The molecule has 0 saturated carbocycles. The highest BCUT2D eigenvalue weighted by Gasteiger charge is 2.30. The van der Waals surface area contributed by atoms with Crippen LogP contribution in [0.2, 0.25) is 0 Å². The summed E-state index contributed by atoms with van der Waals surface area (Å²) in [6.07, 6.45) is 5.59. The van der Waals surface area contributed by atoms with E-state index >= 15 is 0 Å². The van der Waals surface area contributed by atoms with Crippen molar-refractivity contribution in [3.63, 3.8) is 0 Å². The molecule has 0 aromatic heterocycles. The van der Waals surface area contributed by atoms with Gasteiger partial charge in [0.25, 0.3) is 0 Å². The van der Waals surface area contributed by atoms with E-state index in [1.807, 2.05) is 0 Å². The third kappa shape index (κ3) is 1.42. The number of nitrogens with zero attached hydrogens (tertiary/aromatic N) is 1. The first kappa shape index (κ1) is 7.56. The SMILES string of the molecule is CN1CCC[C@@H]1[C@@H]1CCCN1. The molecule has 2 rings (SSSR count). The van der Waals surface area contributed by atoms with E-state index in [-0.39, 0.29) is 0 Å². The normalized spacial score (nSPS) is 40.1. The van der Waals surface area contributed by atoms with Crippen LogP contribution in [0.4, 0.5) is 0 Å². The molecule has 2 fully saturated rings. The van der Waals surface area contributed by atoms with E-state index in [4.69, 9.17) is 0 Å². The number of likely N-dealkylation sites (tertiary alicyclic amines) is 1. The topological polar surface area (TPSA) is 15.3 Å². The van der Waals surface area contributed by atoms with Crippen LogP contribution >= 0.6 is 0 Å². The fourth-order valence-corrected chi connectivity index (χ4v) is 2.48. The van der Waals surface area contributed by atoms with Crippen LogP contribution in [0.1, 0.15) is 25.7 Å². The number of likely N-dealkylation sites (N-methyl/N-ethyl adjacent to an activating group) is 1. The first-order chi connectivity index (χ1) is 5.38. The summed E-state index contributed by atoms with van der Waals surface area (Å²) in [5.74, 6) is 0. The van der Waals surface area contributed by atoms with Gasteiger partial charge in [0.2, 0.25) is 0 Å². The van der Waals surface area contributed by atoms with E-state index in [1.54, 1.807) is 0 Å². The molecule has 2 atom stereocenters. The smallest absolute Gasteiger partial charge is 0.0246 e. The summed E-state index contributed by atoms with van der Waals surface area (Å²) in [4.78, 5) is 2.52. The van der Waals surface area contributed by atoms with Crippen LogP contribution in [0.25, 0.3) is 0 Å². The van der Waals surface area contributed by atoms with Gasteiger partial charge in [0.05, 0.1) is 0 Å². The number of hydrogen-bond donors (Lipinski definition) is 1. The van der Waals surface area contributed by atoms with E-state index in [2.05, 4.69) is 17.3 Å². The van der Waals surface area contributed by atoms with E-state index < -0.39 is 0 Å². The Hall–Kier alpha value is -0.0800. The lowest BCUT2D eigenvalue weighted by Crippen LogP contribution is -2.41. The molecular weight excluding hydrogens is 136 g/mol. The third-order valence-electron chi connectivity index (χ3n) is 3.14. The molecule has 0 radical (unpaired) electrons. The molecule has 0 aliphatic carbocycles. The Morgan fingerprint density at radius 1 is 1.27 bits per heavy atom. The van der Waals surface area contributed by atoms with Gasteiger partial charge in [0.15, 0.2) is 0 Å². The zero-order valence-electron chi connectivity index (χ0n) is 7.34. The lowest BCUT2D eigenvalue weighted by atomic mass is 10.0. The molecule has 11 heavy (non-hydrogen) atoms. The molecular formula is C9H18N2. The van der Waals surface area contributed by atoms with Crippen molar-refractivity contribution in [2.75, 3.05) is 20.1 Å². The van der Waals surface area contributed by atoms with Crippen LogP contribution in [-0.2, 0) is 0 Å². The lowest BCUT2D eigenvalue weighted by molar-refractivity contribution is 0.258. The zero-order chi connectivity index (χ0) is 7.68. The lowest BCUT2D eigenvalue weighted by Gasteiger charge is -2.25. The highest BCUT2D eigenvalue weighted by atomic mass is 15.2. The minimum Gasteiger partial charge on any atom is -0.312 e. The van der Waals surface area contributed by atoms with E-state index in [9.17, 15) is 0 Å². The molecule has 0 aromatic rings. The van der Waals surface area contributed by atoms with Gasteiger partial charge in [0, 0.05) is 12.1 Å². The average molecular weight is 154 g/mol. The van der Waals surface area contributed by atoms with Gasteiger partial charge in [-0.05, 0) is 45.8 Å². The summed E-state index contributed by atoms with van der Waals surface area (Å²) < 4.78 is 0. The van der Waals surface area contributed by atoms with Crippen LogP contribution in [-0.4, -0.2) is 37.1 Å². The predicted octanol–water partition coefficient (Wildman–Crippen LogP) is 0.833. The second kappa shape index (κ2) is 3.11. The molecule has 2 heterocycles. The first-order valence-electron chi connectivity index (χ1n) is 4.81. The van der Waals surface area contributed by atoms with Crippen LogP contribution in [0, 0.1) is 0 Å². The van der Waals surface area contributed by atoms with E-state index in [1.165, 1.54) is 38.8 Å². The minimum atomic E-state index is 0.808. The molecule has 2 aliphatic heterocycles. The van der Waals surface area contributed by atoms with Crippen LogP contribution in [0.3, 0.4) is 0 Å². The standard InChI is InChI=1S/C9H18N2/c1-11-7-3-5-9(11)8-4-2-6-10-8/h8-10H,2-7H2,1H3/t8-,9+/m0/s1. The Labute approximate surface area is 69.0 Å². The number of nitrogens with one attached hydrogen (secondary N) is 1. The van der Waals surface area contributed by atoms with Crippen molar-refractivity contribution >= 4 is 0 Å². The summed E-state index contributed by atoms with van der Waals surface area (Å²) >= 11 is 0. The maximum atomic E-state index is 3.59. The zero-order valence-corrected chi connectivity index (χ0v) is 7.34. The molecule has 0 aromatic carbocycles. The number of hydrogen-bond acceptors (Lipinski definition) is 2.